The zero-order valence-corrected chi connectivity index (χ0v) is 25.7. The molecule has 3 atom stereocenters. The lowest BCUT2D eigenvalue weighted by Crippen LogP contribution is -2.50. The summed E-state index contributed by atoms with van der Waals surface area (Å²) in [5.41, 5.74) is 0.169. The van der Waals surface area contributed by atoms with Crippen molar-refractivity contribution in [3.63, 3.8) is 0 Å². The first-order valence-corrected chi connectivity index (χ1v) is 14.4. The number of para-hydroxylation sites is 1. The molecule has 14 heteroatoms. The van der Waals surface area contributed by atoms with Gasteiger partial charge < -0.3 is 40.3 Å². The van der Waals surface area contributed by atoms with Gasteiger partial charge in [0.1, 0.15) is 11.9 Å². The summed E-state index contributed by atoms with van der Waals surface area (Å²) in [5, 5.41) is 17.9. The smallest absolute Gasteiger partial charge is 0.416 e. The van der Waals surface area contributed by atoms with E-state index in [-0.39, 0.29) is 48.3 Å². The molecule has 46 heavy (non-hydrogen) atoms. The Morgan fingerprint density at radius 1 is 1.04 bits per heavy atom. The standard InChI is InChI=1S/C32H36F3N5O6/c1-19-16-40(20(2)18-41)29(42)25-6-5-7-26(38-30(43)36-22-12-14-24(45-4)15-13-22)28(25)46-27(19)17-39(3)31(44)37-23-10-8-21(9-11-23)32(33,34)35/h5-15,19-20,27,41H,16-18H2,1-4H3,(H,37,44)(H2,36,38,43)/t19-,20+,27+/m1/s1. The van der Waals surface area contributed by atoms with E-state index in [1.54, 1.807) is 49.4 Å². The minimum atomic E-state index is -4.51. The van der Waals surface area contributed by atoms with Crippen molar-refractivity contribution < 1.29 is 42.1 Å². The molecule has 4 N–H and O–H groups in total. The van der Waals surface area contributed by atoms with Crippen molar-refractivity contribution in [2.75, 3.05) is 49.8 Å². The first-order chi connectivity index (χ1) is 21.8. The third-order valence-corrected chi connectivity index (χ3v) is 7.55. The summed E-state index contributed by atoms with van der Waals surface area (Å²) in [6.07, 6.45) is -5.22. The van der Waals surface area contributed by atoms with Gasteiger partial charge in [-0.1, -0.05) is 13.0 Å². The Morgan fingerprint density at radius 3 is 2.28 bits per heavy atom. The number of benzene rings is 3. The Labute approximate surface area is 264 Å². The summed E-state index contributed by atoms with van der Waals surface area (Å²) < 4.78 is 50.4. The van der Waals surface area contributed by atoms with Crippen molar-refractivity contribution in [2.24, 2.45) is 5.92 Å². The second kappa shape index (κ2) is 14.4. The van der Waals surface area contributed by atoms with E-state index in [4.69, 9.17) is 9.47 Å². The lowest BCUT2D eigenvalue weighted by molar-refractivity contribution is -0.137. The third-order valence-electron chi connectivity index (χ3n) is 7.55. The molecule has 1 heterocycles. The van der Waals surface area contributed by atoms with Crippen LogP contribution in [0, 0.1) is 5.92 Å². The van der Waals surface area contributed by atoms with Crippen molar-refractivity contribution in [3.05, 3.63) is 77.9 Å². The van der Waals surface area contributed by atoms with Gasteiger partial charge in [0, 0.05) is 30.9 Å². The number of carbonyl (C=O) groups is 3. The number of alkyl halides is 3. The highest BCUT2D eigenvalue weighted by molar-refractivity contribution is 6.04. The van der Waals surface area contributed by atoms with Gasteiger partial charge in [-0.15, -0.1) is 0 Å². The number of anilines is 3. The Bertz CT molecular complexity index is 1530. The van der Waals surface area contributed by atoms with Crippen LogP contribution in [-0.4, -0.2) is 78.9 Å². The molecule has 3 aromatic carbocycles. The second-order valence-corrected chi connectivity index (χ2v) is 11.0. The van der Waals surface area contributed by atoms with Crippen LogP contribution in [0.2, 0.25) is 0 Å². The van der Waals surface area contributed by atoms with Crippen LogP contribution in [0.15, 0.2) is 66.7 Å². The van der Waals surface area contributed by atoms with E-state index in [1.165, 1.54) is 24.0 Å². The number of carbonyl (C=O) groups excluding carboxylic acids is 3. The normalized spacial score (nSPS) is 17.0. The van der Waals surface area contributed by atoms with Crippen LogP contribution >= 0.6 is 0 Å². The number of hydrogen-bond donors (Lipinski definition) is 4. The topological polar surface area (TPSA) is 132 Å². The van der Waals surface area contributed by atoms with Crippen LogP contribution in [-0.2, 0) is 6.18 Å². The molecule has 0 unspecified atom stereocenters. The Hall–Kier alpha value is -4.98. The van der Waals surface area contributed by atoms with Crippen LogP contribution in [0.4, 0.5) is 39.8 Å². The number of likely N-dealkylation sites (N-methyl/N-ethyl adjacent to an activating group) is 1. The molecule has 1 aliphatic rings. The molecule has 0 aromatic heterocycles. The van der Waals surface area contributed by atoms with Gasteiger partial charge in [0.2, 0.25) is 0 Å². The summed E-state index contributed by atoms with van der Waals surface area (Å²) in [6, 6.07) is 13.7. The van der Waals surface area contributed by atoms with Crippen molar-refractivity contribution in [1.29, 1.82) is 0 Å². The number of halogens is 3. The van der Waals surface area contributed by atoms with Gasteiger partial charge in [0.15, 0.2) is 5.75 Å². The Morgan fingerprint density at radius 2 is 1.67 bits per heavy atom. The molecule has 0 saturated heterocycles. The number of nitrogens with zero attached hydrogens (tertiary/aromatic N) is 2. The average Bonchev–Trinajstić information content (AvgIpc) is 3.02. The number of aliphatic hydroxyl groups excluding tert-OH is 1. The highest BCUT2D eigenvalue weighted by atomic mass is 19.4. The molecular weight excluding hydrogens is 607 g/mol. The average molecular weight is 644 g/mol. The lowest BCUT2D eigenvalue weighted by Gasteiger charge is -2.38. The lowest BCUT2D eigenvalue weighted by atomic mass is 9.99. The molecule has 3 aromatic rings. The van der Waals surface area contributed by atoms with Crippen LogP contribution in [0.5, 0.6) is 11.5 Å². The molecule has 11 nitrogen and oxygen atoms in total. The number of nitrogens with one attached hydrogen (secondary N) is 3. The zero-order valence-electron chi connectivity index (χ0n) is 25.7. The highest BCUT2D eigenvalue weighted by Crippen LogP contribution is 2.35. The fraction of sp³-hybridized carbons (Fsp3) is 0.344. The first kappa shape index (κ1) is 33.9. The number of amides is 5. The summed E-state index contributed by atoms with van der Waals surface area (Å²) >= 11 is 0. The first-order valence-electron chi connectivity index (χ1n) is 14.4. The summed E-state index contributed by atoms with van der Waals surface area (Å²) in [4.78, 5) is 42.5. The minimum Gasteiger partial charge on any atom is -0.497 e. The van der Waals surface area contributed by atoms with Gasteiger partial charge in [-0.3, -0.25) is 4.79 Å². The number of methoxy groups -OCH3 is 1. The van der Waals surface area contributed by atoms with Crippen LogP contribution < -0.4 is 25.4 Å². The van der Waals surface area contributed by atoms with E-state index in [1.807, 2.05) is 6.92 Å². The fourth-order valence-electron chi connectivity index (χ4n) is 4.83. The predicted octanol–water partition coefficient (Wildman–Crippen LogP) is 5.74. The Balaban J connectivity index is 1.58. The Kier molecular flexibility index (Phi) is 10.6. The zero-order chi connectivity index (χ0) is 33.6. The molecule has 1 aliphatic heterocycles. The number of hydrogen-bond acceptors (Lipinski definition) is 6. The van der Waals surface area contributed by atoms with Gasteiger partial charge >= 0.3 is 18.2 Å². The predicted molar refractivity (Wildman–Crippen MR) is 166 cm³/mol. The maximum absolute atomic E-state index is 13.7. The molecule has 0 saturated carbocycles. The number of aliphatic hydroxyl groups is 1. The monoisotopic (exact) mass is 643 g/mol. The number of urea groups is 2. The minimum absolute atomic E-state index is 0.00892. The van der Waals surface area contributed by atoms with E-state index in [9.17, 15) is 32.7 Å². The van der Waals surface area contributed by atoms with Crippen molar-refractivity contribution in [1.82, 2.24) is 9.80 Å². The molecule has 0 radical (unpaired) electrons. The molecule has 5 amide bonds. The van der Waals surface area contributed by atoms with Crippen LogP contribution in [0.1, 0.15) is 29.8 Å². The van der Waals surface area contributed by atoms with Crippen LogP contribution in [0.25, 0.3) is 0 Å². The van der Waals surface area contributed by atoms with E-state index in [0.29, 0.717) is 11.4 Å². The quantitative estimate of drug-likeness (QED) is 0.248. The molecule has 0 fully saturated rings. The van der Waals surface area contributed by atoms with Gasteiger partial charge in [-0.05, 0) is 67.6 Å². The summed E-state index contributed by atoms with van der Waals surface area (Å²) in [7, 11) is 3.03. The van der Waals surface area contributed by atoms with Crippen molar-refractivity contribution in [3.8, 4) is 11.5 Å². The SMILES string of the molecule is COc1ccc(NC(=O)Nc2cccc3c2O[C@@H](CN(C)C(=O)Nc2ccc(C(F)(F)F)cc2)[C@H](C)CN([C@@H](C)CO)C3=O)cc1. The van der Waals surface area contributed by atoms with Crippen molar-refractivity contribution in [2.45, 2.75) is 32.2 Å². The van der Waals surface area contributed by atoms with E-state index in [0.717, 1.165) is 24.3 Å². The molecule has 0 aliphatic carbocycles. The van der Waals surface area contributed by atoms with E-state index >= 15 is 0 Å². The largest absolute Gasteiger partial charge is 0.497 e. The van der Waals surface area contributed by atoms with Gasteiger partial charge in [-0.25, -0.2) is 9.59 Å². The number of rotatable bonds is 8. The maximum Gasteiger partial charge on any atom is 0.416 e. The van der Waals surface area contributed by atoms with Crippen LogP contribution in [0.3, 0.4) is 0 Å². The highest BCUT2D eigenvalue weighted by Gasteiger charge is 2.35. The fourth-order valence-corrected chi connectivity index (χ4v) is 4.83. The molecule has 4 rings (SSSR count). The van der Waals surface area contributed by atoms with Crippen molar-refractivity contribution >= 4 is 35.0 Å². The van der Waals surface area contributed by atoms with Gasteiger partial charge in [-0.2, -0.15) is 13.2 Å². The third kappa shape index (κ3) is 8.18. The molecule has 0 spiro atoms. The maximum atomic E-state index is 13.7. The van der Waals surface area contributed by atoms with E-state index < -0.39 is 41.9 Å². The molecular formula is C32H36F3N5O6. The summed E-state index contributed by atoms with van der Waals surface area (Å²) in [6.45, 7) is 3.43. The van der Waals surface area contributed by atoms with E-state index in [2.05, 4.69) is 16.0 Å². The van der Waals surface area contributed by atoms with Gasteiger partial charge in [0.25, 0.3) is 5.91 Å². The summed E-state index contributed by atoms with van der Waals surface area (Å²) in [5.74, 6) is -0.0779. The van der Waals surface area contributed by atoms with Gasteiger partial charge in [0.05, 0.1) is 43.1 Å². The molecule has 0 bridgehead atoms. The second-order valence-electron chi connectivity index (χ2n) is 11.0. The number of fused-ring (bicyclic) bond motifs is 1. The number of ether oxygens (including phenoxy) is 2. The molecule has 246 valence electrons.